The van der Waals surface area contributed by atoms with Crippen molar-refractivity contribution in [2.24, 2.45) is 5.10 Å². The van der Waals surface area contributed by atoms with E-state index in [1.165, 1.54) is 18.2 Å². The molecule has 8 heteroatoms. The van der Waals surface area contributed by atoms with Crippen molar-refractivity contribution in [3.63, 3.8) is 0 Å². The minimum atomic E-state index is -4.51. The maximum Gasteiger partial charge on any atom is 0.417 e. The first kappa shape index (κ1) is 19.4. The fourth-order valence-electron chi connectivity index (χ4n) is 2.98. The number of benzene rings is 3. The molecule has 0 aliphatic heterocycles. The highest BCUT2D eigenvalue weighted by Crippen LogP contribution is 2.31. The number of nitrogens with one attached hydrogen (secondary N) is 2. The van der Waals surface area contributed by atoms with E-state index >= 15 is 0 Å². The second-order valence-electron chi connectivity index (χ2n) is 6.47. The summed E-state index contributed by atoms with van der Waals surface area (Å²) in [5.41, 5.74) is 3.85. The molecule has 1 amide bonds. The van der Waals surface area contributed by atoms with E-state index in [1.54, 1.807) is 18.2 Å². The van der Waals surface area contributed by atoms with Crippen LogP contribution in [-0.4, -0.2) is 22.1 Å². The number of aromatic nitrogens is 2. The molecule has 0 fully saturated rings. The van der Waals surface area contributed by atoms with E-state index in [-0.39, 0.29) is 5.56 Å². The minimum Gasteiger partial charge on any atom is -0.338 e. The van der Waals surface area contributed by atoms with Crippen molar-refractivity contribution >= 4 is 23.2 Å². The molecule has 30 heavy (non-hydrogen) atoms. The molecule has 150 valence electrons. The number of hydrogen-bond acceptors (Lipinski definition) is 3. The van der Waals surface area contributed by atoms with Gasteiger partial charge in [-0.2, -0.15) is 18.3 Å². The number of carbonyl (C=O) groups is 1. The number of amides is 1. The number of alkyl halides is 3. The summed E-state index contributed by atoms with van der Waals surface area (Å²) in [7, 11) is 0. The maximum atomic E-state index is 13.0. The summed E-state index contributed by atoms with van der Waals surface area (Å²) in [6.45, 7) is 0. The lowest BCUT2D eigenvalue weighted by Crippen LogP contribution is -2.18. The van der Waals surface area contributed by atoms with Crippen LogP contribution in [0.5, 0.6) is 0 Å². The highest BCUT2D eigenvalue weighted by molar-refractivity contribution is 5.98. The Kier molecular flexibility index (Phi) is 5.05. The fraction of sp³-hybridized carbons (Fsp3) is 0.0455. The number of carbonyl (C=O) groups excluding carboxylic acids is 1. The molecule has 2 N–H and O–H groups in total. The predicted molar refractivity (Wildman–Crippen MR) is 108 cm³/mol. The molecule has 1 heterocycles. The number of hydrazone groups is 1. The Hall–Kier alpha value is -3.94. The second kappa shape index (κ2) is 7.82. The number of fused-ring (bicyclic) bond motifs is 1. The smallest absolute Gasteiger partial charge is 0.338 e. The second-order valence-corrected chi connectivity index (χ2v) is 6.47. The first-order valence-electron chi connectivity index (χ1n) is 8.96. The number of imidazole rings is 1. The van der Waals surface area contributed by atoms with Crippen LogP contribution in [0.3, 0.4) is 0 Å². The van der Waals surface area contributed by atoms with Gasteiger partial charge in [-0.25, -0.2) is 10.4 Å². The molecule has 0 aliphatic rings. The molecule has 0 atom stereocenters. The third-order valence-corrected chi connectivity index (χ3v) is 4.43. The molecule has 0 saturated heterocycles. The van der Waals surface area contributed by atoms with Crippen LogP contribution in [0, 0.1) is 0 Å². The normalized spacial score (nSPS) is 11.8. The molecule has 3 aromatic carbocycles. The summed E-state index contributed by atoms with van der Waals surface area (Å²) in [6, 6.07) is 19.4. The fourth-order valence-corrected chi connectivity index (χ4v) is 2.98. The van der Waals surface area contributed by atoms with E-state index in [0.29, 0.717) is 22.4 Å². The highest BCUT2D eigenvalue weighted by atomic mass is 19.4. The van der Waals surface area contributed by atoms with Crippen LogP contribution >= 0.6 is 0 Å². The SMILES string of the molecule is O=C(N/N=C/c1ccccc1C(F)(F)F)c1ccc2nc(-c3ccccc3)[nH]c2c1. The van der Waals surface area contributed by atoms with Gasteiger partial charge in [-0.05, 0) is 24.3 Å². The molecular formula is C22H15F3N4O. The quantitative estimate of drug-likeness (QED) is 0.368. The van der Waals surface area contributed by atoms with Crippen molar-refractivity contribution in [2.45, 2.75) is 6.18 Å². The zero-order valence-corrected chi connectivity index (χ0v) is 15.4. The van der Waals surface area contributed by atoms with Crippen LogP contribution < -0.4 is 5.43 Å². The van der Waals surface area contributed by atoms with Gasteiger partial charge in [0.15, 0.2) is 0 Å². The lowest BCUT2D eigenvalue weighted by molar-refractivity contribution is -0.137. The number of aromatic amines is 1. The summed E-state index contributed by atoms with van der Waals surface area (Å²) in [6.07, 6.45) is -3.53. The standard InChI is InChI=1S/C22H15F3N4O/c23-22(24,25)17-9-5-4-8-16(17)13-26-29-21(30)15-10-11-18-19(12-15)28-20(27-18)14-6-2-1-3-7-14/h1-13H,(H,27,28)(H,29,30)/b26-13+. The molecular weight excluding hydrogens is 393 g/mol. The van der Waals surface area contributed by atoms with Crippen LogP contribution in [0.15, 0.2) is 77.9 Å². The van der Waals surface area contributed by atoms with Crippen LogP contribution in [0.25, 0.3) is 22.4 Å². The van der Waals surface area contributed by atoms with Gasteiger partial charge in [0, 0.05) is 16.7 Å². The molecule has 0 unspecified atom stereocenters. The Bertz CT molecular complexity index is 1230. The highest BCUT2D eigenvalue weighted by Gasteiger charge is 2.32. The van der Waals surface area contributed by atoms with E-state index < -0.39 is 17.6 Å². The van der Waals surface area contributed by atoms with E-state index in [9.17, 15) is 18.0 Å². The van der Waals surface area contributed by atoms with Crippen molar-refractivity contribution in [3.05, 3.63) is 89.5 Å². The number of H-pyrrole nitrogens is 1. The number of hydrogen-bond donors (Lipinski definition) is 2. The van der Waals surface area contributed by atoms with Gasteiger partial charge in [0.1, 0.15) is 5.82 Å². The first-order valence-corrected chi connectivity index (χ1v) is 8.96. The summed E-state index contributed by atoms with van der Waals surface area (Å²) in [5, 5.41) is 3.67. The van der Waals surface area contributed by atoms with Gasteiger partial charge in [0.2, 0.25) is 0 Å². The van der Waals surface area contributed by atoms with Gasteiger partial charge >= 0.3 is 6.18 Å². The maximum absolute atomic E-state index is 13.0. The molecule has 0 saturated carbocycles. The van der Waals surface area contributed by atoms with Crippen molar-refractivity contribution in [1.82, 2.24) is 15.4 Å². The largest absolute Gasteiger partial charge is 0.417 e. The average molecular weight is 408 g/mol. The Morgan fingerprint density at radius 1 is 1.00 bits per heavy atom. The minimum absolute atomic E-state index is 0.137. The van der Waals surface area contributed by atoms with Gasteiger partial charge in [0.05, 0.1) is 22.8 Å². The van der Waals surface area contributed by atoms with Gasteiger partial charge < -0.3 is 4.98 Å². The van der Waals surface area contributed by atoms with Crippen molar-refractivity contribution in [1.29, 1.82) is 0 Å². The van der Waals surface area contributed by atoms with Crippen LogP contribution in [0.4, 0.5) is 13.2 Å². The number of rotatable bonds is 4. The Labute approximate surface area is 169 Å². The molecule has 0 radical (unpaired) electrons. The molecule has 0 aliphatic carbocycles. The van der Waals surface area contributed by atoms with Gasteiger partial charge in [-0.15, -0.1) is 0 Å². The molecule has 1 aromatic heterocycles. The first-order chi connectivity index (χ1) is 14.4. The van der Waals surface area contributed by atoms with Crippen LogP contribution in [0.1, 0.15) is 21.5 Å². The Morgan fingerprint density at radius 2 is 1.73 bits per heavy atom. The summed E-state index contributed by atoms with van der Waals surface area (Å²) in [5.74, 6) is 0.124. The number of nitrogens with zero attached hydrogens (tertiary/aromatic N) is 2. The van der Waals surface area contributed by atoms with Crippen LogP contribution in [0.2, 0.25) is 0 Å². The zero-order chi connectivity index (χ0) is 21.1. The van der Waals surface area contributed by atoms with E-state index in [0.717, 1.165) is 17.8 Å². The zero-order valence-electron chi connectivity index (χ0n) is 15.4. The summed E-state index contributed by atoms with van der Waals surface area (Å²) in [4.78, 5) is 20.0. The lowest BCUT2D eigenvalue weighted by Gasteiger charge is -2.09. The van der Waals surface area contributed by atoms with Crippen molar-refractivity contribution < 1.29 is 18.0 Å². The monoisotopic (exact) mass is 408 g/mol. The summed E-state index contributed by atoms with van der Waals surface area (Å²) < 4.78 is 39.0. The molecule has 4 aromatic rings. The predicted octanol–water partition coefficient (Wildman–Crippen LogP) is 5.01. The third kappa shape index (κ3) is 4.07. The van der Waals surface area contributed by atoms with Crippen LogP contribution in [-0.2, 0) is 6.18 Å². The summed E-state index contributed by atoms with van der Waals surface area (Å²) >= 11 is 0. The molecule has 0 bridgehead atoms. The van der Waals surface area contributed by atoms with E-state index in [1.807, 2.05) is 30.3 Å². The van der Waals surface area contributed by atoms with Crippen molar-refractivity contribution in [3.8, 4) is 11.4 Å². The molecule has 0 spiro atoms. The van der Waals surface area contributed by atoms with Gasteiger partial charge in [0.25, 0.3) is 5.91 Å². The van der Waals surface area contributed by atoms with Crippen molar-refractivity contribution in [2.75, 3.05) is 0 Å². The molecule has 5 nitrogen and oxygen atoms in total. The molecule has 4 rings (SSSR count). The lowest BCUT2D eigenvalue weighted by atomic mass is 10.1. The van der Waals surface area contributed by atoms with Gasteiger partial charge in [-0.3, -0.25) is 4.79 Å². The topological polar surface area (TPSA) is 70.1 Å². The van der Waals surface area contributed by atoms with Gasteiger partial charge in [-0.1, -0.05) is 48.5 Å². The third-order valence-electron chi connectivity index (χ3n) is 4.43. The van der Waals surface area contributed by atoms with E-state index in [4.69, 9.17) is 0 Å². The Balaban J connectivity index is 1.52. The van der Waals surface area contributed by atoms with E-state index in [2.05, 4.69) is 20.5 Å². The average Bonchev–Trinajstić information content (AvgIpc) is 3.17. The Morgan fingerprint density at radius 3 is 2.50 bits per heavy atom. The number of halogens is 3.